The predicted octanol–water partition coefficient (Wildman–Crippen LogP) is 2.31. The van der Waals surface area contributed by atoms with E-state index in [2.05, 4.69) is 12.6 Å². The highest BCUT2D eigenvalue weighted by molar-refractivity contribution is 7.80. The number of hydrogen-bond donors (Lipinski definition) is 2. The molecule has 0 aliphatic rings. The van der Waals surface area contributed by atoms with Gasteiger partial charge in [-0.25, -0.2) is 4.79 Å². The van der Waals surface area contributed by atoms with E-state index in [1.807, 2.05) is 0 Å². The lowest BCUT2D eigenvalue weighted by atomic mass is 10.2. The van der Waals surface area contributed by atoms with Crippen LogP contribution in [-0.4, -0.2) is 11.1 Å². The van der Waals surface area contributed by atoms with Crippen molar-refractivity contribution in [3.63, 3.8) is 0 Å². The Kier molecular flexibility index (Phi) is 3.68. The van der Waals surface area contributed by atoms with Crippen molar-refractivity contribution in [2.75, 3.05) is 0 Å². The molecule has 0 saturated carbocycles. The van der Waals surface area contributed by atoms with Crippen LogP contribution in [0.5, 0.6) is 0 Å². The quantitative estimate of drug-likeness (QED) is 0.634. The molecule has 3 heteroatoms. The smallest absolute Gasteiger partial charge is 0.335 e. The third-order valence-corrected chi connectivity index (χ3v) is 1.41. The lowest BCUT2D eigenvalue weighted by Gasteiger charge is -1.92. The largest absolute Gasteiger partial charge is 0.478 e. The van der Waals surface area contributed by atoms with E-state index < -0.39 is 5.97 Å². The summed E-state index contributed by atoms with van der Waals surface area (Å²) < 4.78 is 0. The topological polar surface area (TPSA) is 37.3 Å². The Hall–Kier alpha value is -0.960. The summed E-state index contributed by atoms with van der Waals surface area (Å²) >= 11 is 4.01. The average Bonchev–Trinajstić information content (AvgIpc) is 1.88. The molecule has 0 aromatic heterocycles. The monoisotopic (exact) mass is 170 g/mol. The molecule has 0 amide bonds. The summed E-state index contributed by atoms with van der Waals surface area (Å²) in [4.78, 5) is 11.1. The summed E-state index contributed by atoms with van der Waals surface area (Å²) in [7, 11) is 0. The summed E-state index contributed by atoms with van der Waals surface area (Å²) in [5, 5.41) is 8.45. The van der Waals surface area contributed by atoms with E-state index in [0.717, 1.165) is 4.90 Å². The zero-order valence-electron chi connectivity index (χ0n) is 5.11. The molecule has 0 aliphatic carbocycles. The minimum absolute atomic E-state index is 0. The van der Waals surface area contributed by atoms with Gasteiger partial charge in [-0.2, -0.15) is 0 Å². The number of rotatable bonds is 1. The van der Waals surface area contributed by atoms with Gasteiger partial charge in [0.2, 0.25) is 0 Å². The molecule has 0 bridgehead atoms. The van der Waals surface area contributed by atoms with E-state index in [0.29, 0.717) is 0 Å². The second-order valence-electron chi connectivity index (χ2n) is 1.85. The Morgan fingerprint density at radius 1 is 1.27 bits per heavy atom. The van der Waals surface area contributed by atoms with Crippen molar-refractivity contribution in [2.24, 2.45) is 0 Å². The van der Waals surface area contributed by atoms with Crippen molar-refractivity contribution >= 4 is 18.6 Å². The zero-order valence-corrected chi connectivity index (χ0v) is 6.01. The Bertz CT molecular complexity index is 241. The molecule has 0 aliphatic heterocycles. The van der Waals surface area contributed by atoms with Crippen LogP contribution in [0.1, 0.15) is 17.8 Å². The molecule has 0 fully saturated rings. The van der Waals surface area contributed by atoms with Crippen molar-refractivity contribution in [3.8, 4) is 0 Å². The maximum Gasteiger partial charge on any atom is 0.335 e. The number of thiol groups is 1. The molecule has 1 rings (SSSR count). The van der Waals surface area contributed by atoms with Crippen LogP contribution in [0.15, 0.2) is 29.2 Å². The van der Waals surface area contributed by atoms with E-state index in [-0.39, 0.29) is 13.0 Å². The van der Waals surface area contributed by atoms with Gasteiger partial charge in [0.25, 0.3) is 0 Å². The summed E-state index contributed by atoms with van der Waals surface area (Å²) in [6.07, 6.45) is 0. The molecule has 60 valence electrons. The van der Waals surface area contributed by atoms with Crippen LogP contribution in [0.3, 0.4) is 0 Å². The lowest BCUT2D eigenvalue weighted by molar-refractivity contribution is 0.0697. The fourth-order valence-corrected chi connectivity index (χ4v) is 0.753. The van der Waals surface area contributed by atoms with Crippen LogP contribution in [-0.2, 0) is 0 Å². The number of carbonyl (C=O) groups is 1. The fourth-order valence-electron chi connectivity index (χ4n) is 0.604. The first-order chi connectivity index (χ1) is 4.70. The number of carboxylic acids is 1. The maximum atomic E-state index is 10.3. The third kappa shape index (κ3) is 2.63. The van der Waals surface area contributed by atoms with Gasteiger partial charge in [0.1, 0.15) is 0 Å². The molecule has 2 nitrogen and oxygen atoms in total. The summed E-state index contributed by atoms with van der Waals surface area (Å²) in [5.41, 5.74) is 0.290. The third-order valence-electron chi connectivity index (χ3n) is 1.11. The molecular weight excluding hydrogens is 160 g/mol. The minimum Gasteiger partial charge on any atom is -0.478 e. The highest BCUT2D eigenvalue weighted by atomic mass is 32.1. The van der Waals surface area contributed by atoms with E-state index in [1.165, 1.54) is 12.1 Å². The van der Waals surface area contributed by atoms with Gasteiger partial charge in [0, 0.05) is 4.90 Å². The van der Waals surface area contributed by atoms with Gasteiger partial charge in [-0.05, 0) is 24.3 Å². The predicted molar refractivity (Wildman–Crippen MR) is 47.4 cm³/mol. The number of hydrogen-bond acceptors (Lipinski definition) is 2. The molecule has 0 radical (unpaired) electrons. The Morgan fingerprint density at radius 3 is 2.09 bits per heavy atom. The number of benzene rings is 1. The molecule has 0 heterocycles. The first-order valence-corrected chi connectivity index (χ1v) is 3.17. The molecular formula is C8H10O2S. The van der Waals surface area contributed by atoms with Gasteiger partial charge in [-0.1, -0.05) is 7.43 Å². The maximum absolute atomic E-state index is 10.3. The first kappa shape index (κ1) is 10.0. The fraction of sp³-hybridized carbons (Fsp3) is 0.125. The van der Waals surface area contributed by atoms with E-state index >= 15 is 0 Å². The van der Waals surface area contributed by atoms with Crippen molar-refractivity contribution in [3.05, 3.63) is 29.8 Å². The van der Waals surface area contributed by atoms with Crippen LogP contribution in [0.2, 0.25) is 0 Å². The molecule has 0 atom stereocenters. The lowest BCUT2D eigenvalue weighted by Crippen LogP contribution is -1.94. The molecule has 0 spiro atoms. The molecule has 1 N–H and O–H groups in total. The van der Waals surface area contributed by atoms with Gasteiger partial charge < -0.3 is 5.11 Å². The summed E-state index contributed by atoms with van der Waals surface area (Å²) in [5.74, 6) is -0.909. The Balaban J connectivity index is 0.000001000. The van der Waals surface area contributed by atoms with E-state index in [9.17, 15) is 4.79 Å². The normalized spacial score (nSPS) is 8.45. The van der Waals surface area contributed by atoms with E-state index in [1.54, 1.807) is 12.1 Å². The van der Waals surface area contributed by atoms with Crippen LogP contribution < -0.4 is 0 Å². The van der Waals surface area contributed by atoms with Gasteiger partial charge in [-0.3, -0.25) is 0 Å². The van der Waals surface area contributed by atoms with Gasteiger partial charge in [-0.15, -0.1) is 12.6 Å². The minimum atomic E-state index is -0.909. The highest BCUT2D eigenvalue weighted by Crippen LogP contribution is 2.06. The van der Waals surface area contributed by atoms with Gasteiger partial charge in [0.05, 0.1) is 5.56 Å². The van der Waals surface area contributed by atoms with Crippen molar-refractivity contribution in [1.29, 1.82) is 0 Å². The van der Waals surface area contributed by atoms with Crippen LogP contribution in [0.25, 0.3) is 0 Å². The SMILES string of the molecule is C.O=C(O)c1ccc(S)cc1. The van der Waals surface area contributed by atoms with Crippen LogP contribution >= 0.6 is 12.6 Å². The first-order valence-electron chi connectivity index (χ1n) is 2.72. The standard InChI is InChI=1S/C7H6O2S.CH4/c8-7(9)5-1-3-6(10)4-2-5;/h1-4,10H,(H,8,9);1H4. The number of aromatic carboxylic acids is 1. The second-order valence-corrected chi connectivity index (χ2v) is 2.37. The molecule has 0 saturated heterocycles. The van der Waals surface area contributed by atoms with Crippen molar-refractivity contribution in [2.45, 2.75) is 12.3 Å². The van der Waals surface area contributed by atoms with Crippen molar-refractivity contribution < 1.29 is 9.90 Å². The van der Waals surface area contributed by atoms with Gasteiger partial charge in [0.15, 0.2) is 0 Å². The van der Waals surface area contributed by atoms with Gasteiger partial charge >= 0.3 is 5.97 Å². The van der Waals surface area contributed by atoms with Crippen LogP contribution in [0, 0.1) is 0 Å². The Morgan fingerprint density at radius 2 is 1.73 bits per heavy atom. The second kappa shape index (κ2) is 4.03. The molecule has 0 unspecified atom stereocenters. The number of carboxylic acid groups (broad SMARTS) is 1. The molecule has 11 heavy (non-hydrogen) atoms. The average molecular weight is 170 g/mol. The van der Waals surface area contributed by atoms with Crippen LogP contribution in [0.4, 0.5) is 0 Å². The molecule has 1 aromatic rings. The summed E-state index contributed by atoms with van der Waals surface area (Å²) in [6, 6.07) is 6.33. The zero-order chi connectivity index (χ0) is 7.56. The molecule has 1 aromatic carbocycles. The van der Waals surface area contributed by atoms with Crippen molar-refractivity contribution in [1.82, 2.24) is 0 Å². The summed E-state index contributed by atoms with van der Waals surface area (Å²) in [6.45, 7) is 0. The van der Waals surface area contributed by atoms with E-state index in [4.69, 9.17) is 5.11 Å². The Labute approximate surface area is 71.3 Å². The highest BCUT2D eigenvalue weighted by Gasteiger charge is 1.98.